The van der Waals surface area contributed by atoms with E-state index >= 15 is 0 Å². The Morgan fingerprint density at radius 2 is 2.11 bits per heavy atom. The summed E-state index contributed by atoms with van der Waals surface area (Å²) in [6, 6.07) is 7.57. The minimum Gasteiger partial charge on any atom is -0.481 e. The Balaban J connectivity index is 2.10. The lowest BCUT2D eigenvalue weighted by Crippen LogP contribution is -2.15. The molecule has 0 aliphatic heterocycles. The monoisotopic (exact) mass is 264 g/mol. The molecule has 5 nitrogen and oxygen atoms in total. The average molecular weight is 264 g/mol. The van der Waals surface area contributed by atoms with E-state index in [0.29, 0.717) is 5.75 Å². The Hall–Kier alpha value is -1.66. The largest absolute Gasteiger partial charge is 0.481 e. The highest BCUT2D eigenvalue weighted by molar-refractivity contribution is 7.99. The van der Waals surface area contributed by atoms with Crippen molar-refractivity contribution in [2.45, 2.75) is 17.6 Å². The molecule has 2 rings (SSSR count). The molecule has 0 saturated heterocycles. The number of para-hydroxylation sites is 1. The van der Waals surface area contributed by atoms with Crippen LogP contribution in [0.5, 0.6) is 0 Å². The van der Waals surface area contributed by atoms with E-state index in [1.54, 1.807) is 0 Å². The minimum absolute atomic E-state index is 0.254. The summed E-state index contributed by atoms with van der Waals surface area (Å²) < 4.78 is 0. The van der Waals surface area contributed by atoms with Crippen LogP contribution in [0.25, 0.3) is 10.9 Å². The molecule has 0 amide bonds. The van der Waals surface area contributed by atoms with Crippen molar-refractivity contribution in [2.24, 2.45) is 0 Å². The summed E-state index contributed by atoms with van der Waals surface area (Å²) in [4.78, 5) is 18.7. The summed E-state index contributed by atoms with van der Waals surface area (Å²) in [7, 11) is 0. The Morgan fingerprint density at radius 3 is 2.89 bits per heavy atom. The maximum Gasteiger partial charge on any atom is 0.306 e. The van der Waals surface area contributed by atoms with E-state index in [0.717, 1.165) is 15.9 Å². The summed E-state index contributed by atoms with van der Waals surface area (Å²) in [6.07, 6.45) is 0.339. The zero-order valence-corrected chi connectivity index (χ0v) is 10.3. The number of aliphatic carboxylic acids is 1. The standard InChI is InChI=1S/C12H12N2O3S/c15-8(5-11(16)17)6-18-12-9-3-1-2-4-10(9)13-7-14-12/h1-4,7-8,15H,5-6H2,(H,16,17). The van der Waals surface area contributed by atoms with Crippen molar-refractivity contribution in [1.82, 2.24) is 9.97 Å². The van der Waals surface area contributed by atoms with E-state index in [4.69, 9.17) is 5.11 Å². The van der Waals surface area contributed by atoms with E-state index in [2.05, 4.69) is 9.97 Å². The van der Waals surface area contributed by atoms with Gasteiger partial charge in [0.1, 0.15) is 11.4 Å². The number of hydrogen-bond donors (Lipinski definition) is 2. The highest BCUT2D eigenvalue weighted by Gasteiger charge is 2.11. The third-order valence-corrected chi connectivity index (χ3v) is 3.48. The van der Waals surface area contributed by atoms with Crippen LogP contribution < -0.4 is 0 Å². The number of rotatable bonds is 5. The lowest BCUT2D eigenvalue weighted by molar-refractivity contribution is -0.138. The van der Waals surface area contributed by atoms with E-state index in [1.165, 1.54) is 18.1 Å². The molecule has 0 spiro atoms. The molecule has 0 saturated carbocycles. The zero-order chi connectivity index (χ0) is 13.0. The number of fused-ring (bicyclic) bond motifs is 1. The molecule has 0 aliphatic carbocycles. The van der Waals surface area contributed by atoms with Gasteiger partial charge in [-0.3, -0.25) is 4.79 Å². The third-order valence-electron chi connectivity index (χ3n) is 2.33. The SMILES string of the molecule is O=C(O)CC(O)CSc1ncnc2ccccc12. The van der Waals surface area contributed by atoms with E-state index in [9.17, 15) is 9.90 Å². The number of aromatic nitrogens is 2. The lowest BCUT2D eigenvalue weighted by atomic mass is 10.2. The van der Waals surface area contributed by atoms with Crippen molar-refractivity contribution in [3.63, 3.8) is 0 Å². The minimum atomic E-state index is -1.00. The molecule has 94 valence electrons. The Bertz CT molecular complexity index is 557. The van der Waals surface area contributed by atoms with Crippen LogP contribution in [-0.2, 0) is 4.79 Å². The Kier molecular flexibility index (Phi) is 4.11. The maximum absolute atomic E-state index is 10.4. The van der Waals surface area contributed by atoms with Crippen LogP contribution in [0.3, 0.4) is 0 Å². The van der Waals surface area contributed by atoms with Crippen LogP contribution in [0.1, 0.15) is 6.42 Å². The second kappa shape index (κ2) is 5.79. The molecular weight excluding hydrogens is 252 g/mol. The Labute approximate surface area is 108 Å². The number of carboxylic acid groups (broad SMARTS) is 1. The number of aliphatic hydroxyl groups is 1. The second-order valence-electron chi connectivity index (χ2n) is 3.76. The van der Waals surface area contributed by atoms with Crippen molar-refractivity contribution < 1.29 is 15.0 Å². The number of benzene rings is 1. The molecule has 1 unspecified atom stereocenters. The fourth-order valence-corrected chi connectivity index (χ4v) is 2.45. The first kappa shape index (κ1) is 12.8. The van der Waals surface area contributed by atoms with Gasteiger partial charge in [0.05, 0.1) is 18.0 Å². The number of carboxylic acids is 1. The number of hydrogen-bond acceptors (Lipinski definition) is 5. The number of carbonyl (C=O) groups is 1. The molecule has 2 aromatic rings. The van der Waals surface area contributed by atoms with E-state index < -0.39 is 12.1 Å². The van der Waals surface area contributed by atoms with Crippen molar-refractivity contribution in [3.05, 3.63) is 30.6 Å². The highest BCUT2D eigenvalue weighted by Crippen LogP contribution is 2.24. The molecule has 6 heteroatoms. The zero-order valence-electron chi connectivity index (χ0n) is 9.48. The number of thioether (sulfide) groups is 1. The topological polar surface area (TPSA) is 83.3 Å². The van der Waals surface area contributed by atoms with Crippen molar-refractivity contribution >= 4 is 28.6 Å². The third kappa shape index (κ3) is 3.18. The van der Waals surface area contributed by atoms with Gasteiger partial charge in [0, 0.05) is 11.1 Å². The summed E-state index contributed by atoms with van der Waals surface area (Å²) in [5.74, 6) is -0.705. The van der Waals surface area contributed by atoms with Crippen LogP contribution in [0.2, 0.25) is 0 Å². The first-order valence-corrected chi connectivity index (χ1v) is 6.38. The predicted molar refractivity (Wildman–Crippen MR) is 68.5 cm³/mol. The predicted octanol–water partition coefficient (Wildman–Crippen LogP) is 1.56. The molecule has 0 aliphatic rings. The molecule has 1 heterocycles. The van der Waals surface area contributed by atoms with Gasteiger partial charge in [-0.05, 0) is 6.07 Å². The molecule has 2 N–H and O–H groups in total. The van der Waals surface area contributed by atoms with E-state index in [1.807, 2.05) is 24.3 Å². The average Bonchev–Trinajstić information content (AvgIpc) is 2.35. The van der Waals surface area contributed by atoms with Gasteiger partial charge in [-0.15, -0.1) is 11.8 Å². The van der Waals surface area contributed by atoms with Crippen LogP contribution in [0, 0.1) is 0 Å². The molecular formula is C12H12N2O3S. The summed E-state index contributed by atoms with van der Waals surface area (Å²) in [6.45, 7) is 0. The number of aliphatic hydroxyl groups excluding tert-OH is 1. The maximum atomic E-state index is 10.4. The van der Waals surface area contributed by atoms with Gasteiger partial charge < -0.3 is 10.2 Å². The molecule has 1 atom stereocenters. The molecule has 0 bridgehead atoms. The number of nitrogens with zero attached hydrogens (tertiary/aromatic N) is 2. The first-order valence-electron chi connectivity index (χ1n) is 5.39. The van der Waals surface area contributed by atoms with Crippen LogP contribution in [0.4, 0.5) is 0 Å². The molecule has 1 aromatic carbocycles. The van der Waals surface area contributed by atoms with Gasteiger partial charge in [0.25, 0.3) is 0 Å². The fraction of sp³-hybridized carbons (Fsp3) is 0.250. The van der Waals surface area contributed by atoms with Gasteiger partial charge in [0.2, 0.25) is 0 Å². The van der Waals surface area contributed by atoms with Gasteiger partial charge >= 0.3 is 5.97 Å². The van der Waals surface area contributed by atoms with Crippen molar-refractivity contribution in [2.75, 3.05) is 5.75 Å². The molecule has 0 fully saturated rings. The summed E-state index contributed by atoms with van der Waals surface area (Å²) in [5.41, 5.74) is 0.836. The smallest absolute Gasteiger partial charge is 0.306 e. The van der Waals surface area contributed by atoms with Crippen LogP contribution >= 0.6 is 11.8 Å². The highest BCUT2D eigenvalue weighted by atomic mass is 32.2. The van der Waals surface area contributed by atoms with Gasteiger partial charge in [-0.25, -0.2) is 9.97 Å². The van der Waals surface area contributed by atoms with Gasteiger partial charge in [0.15, 0.2) is 0 Å². The molecule has 1 aromatic heterocycles. The first-order chi connectivity index (χ1) is 8.66. The van der Waals surface area contributed by atoms with E-state index in [-0.39, 0.29) is 6.42 Å². The molecule has 0 radical (unpaired) electrons. The Morgan fingerprint density at radius 1 is 1.33 bits per heavy atom. The van der Waals surface area contributed by atoms with Crippen molar-refractivity contribution in [3.8, 4) is 0 Å². The van der Waals surface area contributed by atoms with Gasteiger partial charge in [-0.1, -0.05) is 18.2 Å². The molecule has 18 heavy (non-hydrogen) atoms. The van der Waals surface area contributed by atoms with Crippen molar-refractivity contribution in [1.29, 1.82) is 0 Å². The second-order valence-corrected chi connectivity index (χ2v) is 4.77. The fourth-order valence-electron chi connectivity index (χ4n) is 1.53. The summed E-state index contributed by atoms with van der Waals surface area (Å²) in [5, 5.41) is 19.7. The van der Waals surface area contributed by atoms with Gasteiger partial charge in [-0.2, -0.15) is 0 Å². The summed E-state index contributed by atoms with van der Waals surface area (Å²) >= 11 is 1.34. The normalized spacial score (nSPS) is 12.5. The lowest BCUT2D eigenvalue weighted by Gasteiger charge is -2.08. The quantitative estimate of drug-likeness (QED) is 0.630. The van der Waals surface area contributed by atoms with Crippen LogP contribution in [0.15, 0.2) is 35.6 Å². The van der Waals surface area contributed by atoms with Crippen LogP contribution in [-0.4, -0.2) is 38.0 Å².